The van der Waals surface area contributed by atoms with Crippen LogP contribution < -0.4 is 4.74 Å². The van der Waals surface area contributed by atoms with E-state index in [0.29, 0.717) is 4.77 Å². The van der Waals surface area contributed by atoms with Crippen molar-refractivity contribution in [3.63, 3.8) is 0 Å². The van der Waals surface area contributed by atoms with Gasteiger partial charge >= 0.3 is 0 Å². The van der Waals surface area contributed by atoms with E-state index in [2.05, 4.69) is 10.2 Å². The number of aromatic nitrogens is 3. The quantitative estimate of drug-likeness (QED) is 0.712. The predicted octanol–water partition coefficient (Wildman–Crippen LogP) is 4.69. The lowest BCUT2D eigenvalue weighted by Gasteiger charge is -2.10. The first kappa shape index (κ1) is 15.5. The van der Waals surface area contributed by atoms with Gasteiger partial charge in [-0.1, -0.05) is 32.0 Å². The molecule has 0 spiro atoms. The van der Waals surface area contributed by atoms with E-state index in [0.717, 1.165) is 22.1 Å². The fourth-order valence-electron chi connectivity index (χ4n) is 1.91. The van der Waals surface area contributed by atoms with Crippen molar-refractivity contribution in [1.29, 1.82) is 0 Å². The summed E-state index contributed by atoms with van der Waals surface area (Å²) in [6, 6.07) is 11.7. The van der Waals surface area contributed by atoms with Crippen LogP contribution in [0.4, 0.5) is 0 Å². The van der Waals surface area contributed by atoms with Crippen LogP contribution in [0, 0.1) is 4.77 Å². The van der Waals surface area contributed by atoms with Crippen LogP contribution in [-0.2, 0) is 0 Å². The van der Waals surface area contributed by atoms with Gasteiger partial charge in [-0.2, -0.15) is 5.10 Å². The molecular weight excluding hydrogens is 302 g/mol. The van der Waals surface area contributed by atoms with E-state index in [-0.39, 0.29) is 0 Å². The number of benzene rings is 1. The Morgan fingerprint density at radius 2 is 1.95 bits per heavy atom. The number of thiophene rings is 1. The van der Waals surface area contributed by atoms with Crippen LogP contribution in [0.3, 0.4) is 0 Å². The Kier molecular flexibility index (Phi) is 5.30. The van der Waals surface area contributed by atoms with Gasteiger partial charge in [0.15, 0.2) is 10.6 Å². The van der Waals surface area contributed by atoms with Gasteiger partial charge in [0.05, 0.1) is 17.7 Å². The van der Waals surface area contributed by atoms with E-state index in [1.54, 1.807) is 18.4 Å². The number of nitrogens with zero attached hydrogens (tertiary/aromatic N) is 2. The normalized spacial score (nSPS) is 9.86. The lowest BCUT2D eigenvalue weighted by Crippen LogP contribution is -1.99. The van der Waals surface area contributed by atoms with Crippen molar-refractivity contribution in [3.8, 4) is 22.1 Å². The first-order chi connectivity index (χ1) is 10.3. The maximum absolute atomic E-state index is 5.39. The summed E-state index contributed by atoms with van der Waals surface area (Å²) in [6.07, 6.45) is 0. The minimum atomic E-state index is 0.549. The van der Waals surface area contributed by atoms with Crippen molar-refractivity contribution in [2.24, 2.45) is 0 Å². The van der Waals surface area contributed by atoms with Gasteiger partial charge in [0.2, 0.25) is 0 Å². The van der Waals surface area contributed by atoms with E-state index in [9.17, 15) is 0 Å². The summed E-state index contributed by atoms with van der Waals surface area (Å²) < 4.78 is 7.83. The van der Waals surface area contributed by atoms with E-state index < -0.39 is 0 Å². The highest BCUT2D eigenvalue weighted by Gasteiger charge is 2.14. The molecule has 2 heterocycles. The molecule has 0 aliphatic rings. The molecule has 3 rings (SSSR count). The van der Waals surface area contributed by atoms with Gasteiger partial charge in [0.1, 0.15) is 5.75 Å². The zero-order valence-electron chi connectivity index (χ0n) is 12.2. The number of rotatable bonds is 3. The van der Waals surface area contributed by atoms with Crippen molar-refractivity contribution in [3.05, 3.63) is 46.5 Å². The Morgan fingerprint density at radius 1 is 1.19 bits per heavy atom. The Labute approximate surface area is 133 Å². The Balaban J connectivity index is 0.000000774. The number of H-pyrrole nitrogens is 1. The largest absolute Gasteiger partial charge is 0.495 e. The maximum Gasteiger partial charge on any atom is 0.200 e. The van der Waals surface area contributed by atoms with Crippen molar-refractivity contribution in [2.75, 3.05) is 7.11 Å². The fourth-order valence-corrected chi connectivity index (χ4v) is 2.84. The van der Waals surface area contributed by atoms with Crippen LogP contribution in [-0.4, -0.2) is 21.9 Å². The molecule has 2 aromatic heterocycles. The maximum atomic E-state index is 5.39. The van der Waals surface area contributed by atoms with Crippen molar-refractivity contribution in [1.82, 2.24) is 14.8 Å². The van der Waals surface area contributed by atoms with Crippen LogP contribution in [0.15, 0.2) is 41.8 Å². The second-order valence-electron chi connectivity index (χ2n) is 3.84. The minimum Gasteiger partial charge on any atom is -0.495 e. The zero-order chi connectivity index (χ0) is 15.2. The summed E-state index contributed by atoms with van der Waals surface area (Å²) in [5, 5.41) is 9.17. The summed E-state index contributed by atoms with van der Waals surface area (Å²) in [7, 11) is 1.65. The number of methoxy groups -OCH3 is 1. The lowest BCUT2D eigenvalue weighted by molar-refractivity contribution is 0.413. The van der Waals surface area contributed by atoms with Gasteiger partial charge < -0.3 is 4.74 Å². The van der Waals surface area contributed by atoms with Crippen LogP contribution in [0.2, 0.25) is 0 Å². The van der Waals surface area contributed by atoms with E-state index >= 15 is 0 Å². The Bertz CT molecular complexity index is 744. The second-order valence-corrected chi connectivity index (χ2v) is 5.17. The van der Waals surface area contributed by atoms with E-state index in [1.807, 2.05) is 60.2 Å². The SMILES string of the molecule is CC.COc1ccccc1-n1c(-c2cccs2)n[nH]c1=S. The Morgan fingerprint density at radius 3 is 2.62 bits per heavy atom. The number of aromatic amines is 1. The standard InChI is InChI=1S/C13H11N3OS2.C2H6/c1-17-10-6-3-2-5-9(10)16-12(14-15-13(16)18)11-7-4-8-19-11;1-2/h2-8H,1H3,(H,15,18);1-2H3. The number of para-hydroxylation sites is 2. The molecule has 110 valence electrons. The van der Waals surface area contributed by atoms with Gasteiger partial charge in [-0.15, -0.1) is 11.3 Å². The van der Waals surface area contributed by atoms with Crippen molar-refractivity contribution < 1.29 is 4.74 Å². The topological polar surface area (TPSA) is 42.8 Å². The number of nitrogens with one attached hydrogen (secondary N) is 1. The molecule has 1 N–H and O–H groups in total. The van der Waals surface area contributed by atoms with Crippen LogP contribution in [0.25, 0.3) is 16.4 Å². The molecule has 1 aromatic carbocycles. The van der Waals surface area contributed by atoms with Crippen molar-refractivity contribution >= 4 is 23.6 Å². The molecule has 0 saturated heterocycles. The second kappa shape index (κ2) is 7.19. The zero-order valence-corrected chi connectivity index (χ0v) is 13.8. The number of hydrogen-bond acceptors (Lipinski definition) is 4. The first-order valence-corrected chi connectivity index (χ1v) is 7.94. The molecule has 0 aliphatic carbocycles. The van der Waals surface area contributed by atoms with Gasteiger partial charge in [-0.25, -0.2) is 0 Å². The van der Waals surface area contributed by atoms with Crippen molar-refractivity contribution in [2.45, 2.75) is 13.8 Å². The monoisotopic (exact) mass is 319 g/mol. The minimum absolute atomic E-state index is 0.549. The molecule has 0 radical (unpaired) electrons. The molecule has 0 amide bonds. The summed E-state index contributed by atoms with van der Waals surface area (Å²) in [6.45, 7) is 4.00. The van der Waals surface area contributed by atoms with Crippen LogP contribution in [0.5, 0.6) is 5.75 Å². The highest BCUT2D eigenvalue weighted by molar-refractivity contribution is 7.71. The highest BCUT2D eigenvalue weighted by atomic mass is 32.1. The summed E-state index contributed by atoms with van der Waals surface area (Å²) >= 11 is 6.95. The van der Waals surface area contributed by atoms with E-state index in [1.165, 1.54) is 0 Å². The molecule has 0 atom stereocenters. The highest BCUT2D eigenvalue weighted by Crippen LogP contribution is 2.29. The molecule has 0 fully saturated rings. The molecule has 6 heteroatoms. The van der Waals surface area contributed by atoms with E-state index in [4.69, 9.17) is 17.0 Å². The molecule has 21 heavy (non-hydrogen) atoms. The molecule has 4 nitrogen and oxygen atoms in total. The van der Waals surface area contributed by atoms with Gasteiger partial charge in [0.25, 0.3) is 0 Å². The van der Waals surface area contributed by atoms with Crippen LogP contribution >= 0.6 is 23.6 Å². The van der Waals surface area contributed by atoms with Gasteiger partial charge in [0, 0.05) is 0 Å². The Hall–Kier alpha value is -1.92. The third-order valence-corrected chi connectivity index (χ3v) is 3.88. The molecular formula is C15H17N3OS2. The summed E-state index contributed by atoms with van der Waals surface area (Å²) in [4.78, 5) is 1.05. The fraction of sp³-hybridized carbons (Fsp3) is 0.200. The molecule has 0 unspecified atom stereocenters. The van der Waals surface area contributed by atoms with Gasteiger partial charge in [-0.3, -0.25) is 9.67 Å². The molecule has 0 bridgehead atoms. The number of hydrogen-bond donors (Lipinski definition) is 1. The third-order valence-electron chi connectivity index (χ3n) is 2.74. The van der Waals surface area contributed by atoms with Crippen LogP contribution in [0.1, 0.15) is 13.8 Å². The average Bonchev–Trinajstić information content (AvgIpc) is 3.18. The first-order valence-electron chi connectivity index (χ1n) is 6.66. The molecule has 0 saturated carbocycles. The average molecular weight is 319 g/mol. The molecule has 0 aliphatic heterocycles. The van der Waals surface area contributed by atoms with Gasteiger partial charge in [-0.05, 0) is 35.8 Å². The summed E-state index contributed by atoms with van der Waals surface area (Å²) in [5.41, 5.74) is 0.882. The lowest BCUT2D eigenvalue weighted by atomic mass is 10.3. The smallest absolute Gasteiger partial charge is 0.200 e. The number of ether oxygens (including phenoxy) is 1. The predicted molar refractivity (Wildman–Crippen MR) is 90.0 cm³/mol. The third kappa shape index (κ3) is 3.06. The molecule has 3 aromatic rings. The summed E-state index contributed by atoms with van der Waals surface area (Å²) in [5.74, 6) is 1.56.